The Kier molecular flexibility index (Phi) is 5.43. The van der Waals surface area contributed by atoms with Crippen molar-refractivity contribution in [2.45, 2.75) is 39.0 Å². The lowest BCUT2D eigenvalue weighted by atomic mass is 10.1. The van der Waals surface area contributed by atoms with Crippen molar-refractivity contribution in [3.63, 3.8) is 0 Å². The zero-order valence-electron chi connectivity index (χ0n) is 17.5. The summed E-state index contributed by atoms with van der Waals surface area (Å²) >= 11 is 1.58. The molecule has 1 saturated carbocycles. The van der Waals surface area contributed by atoms with E-state index in [0.29, 0.717) is 19.2 Å². The molecule has 1 amide bonds. The molecule has 0 bridgehead atoms. The van der Waals surface area contributed by atoms with Gasteiger partial charge in [-0.2, -0.15) is 0 Å². The normalized spacial score (nSPS) is 13.3. The molecule has 0 saturated heterocycles. The summed E-state index contributed by atoms with van der Waals surface area (Å²) in [6.45, 7) is 2.96. The highest BCUT2D eigenvalue weighted by Crippen LogP contribution is 2.31. The Hall–Kier alpha value is -3.18. The SMILES string of the molecule is Cc1ccccc1C(=O)N(Cc1csc(COc2cccc3ccccc23)n1)C1CC1. The van der Waals surface area contributed by atoms with Crippen LogP contribution in [0.15, 0.2) is 72.1 Å². The van der Waals surface area contributed by atoms with Crippen LogP contribution in [0.4, 0.5) is 0 Å². The second kappa shape index (κ2) is 8.52. The summed E-state index contributed by atoms with van der Waals surface area (Å²) in [4.78, 5) is 19.9. The molecular weight excluding hydrogens is 404 g/mol. The van der Waals surface area contributed by atoms with Gasteiger partial charge in [0.2, 0.25) is 0 Å². The highest BCUT2D eigenvalue weighted by molar-refractivity contribution is 7.09. The van der Waals surface area contributed by atoms with E-state index in [-0.39, 0.29) is 5.91 Å². The molecule has 1 heterocycles. The summed E-state index contributed by atoms with van der Waals surface area (Å²) in [6, 6.07) is 22.4. The Labute approximate surface area is 186 Å². The molecule has 5 rings (SSSR count). The van der Waals surface area contributed by atoms with Crippen molar-refractivity contribution in [3.05, 3.63) is 93.9 Å². The van der Waals surface area contributed by atoms with E-state index >= 15 is 0 Å². The number of nitrogens with zero attached hydrogens (tertiary/aromatic N) is 2. The number of aromatic nitrogens is 1. The third-order valence-electron chi connectivity index (χ3n) is 5.66. The molecule has 4 nitrogen and oxygen atoms in total. The summed E-state index contributed by atoms with van der Waals surface area (Å²) in [5, 5.41) is 5.23. The molecule has 1 aromatic heterocycles. The largest absolute Gasteiger partial charge is 0.486 e. The van der Waals surface area contributed by atoms with Gasteiger partial charge in [-0.05, 0) is 42.8 Å². The Bertz CT molecular complexity index is 1220. The van der Waals surface area contributed by atoms with E-state index in [2.05, 4.69) is 18.2 Å². The lowest BCUT2D eigenvalue weighted by molar-refractivity contribution is 0.0727. The average Bonchev–Trinajstić information content (AvgIpc) is 3.54. The van der Waals surface area contributed by atoms with Gasteiger partial charge >= 0.3 is 0 Å². The zero-order valence-corrected chi connectivity index (χ0v) is 18.3. The molecule has 1 aliphatic rings. The number of ether oxygens (including phenoxy) is 1. The van der Waals surface area contributed by atoms with Gasteiger partial charge in [-0.15, -0.1) is 11.3 Å². The van der Waals surface area contributed by atoms with Crippen LogP contribution in [0.3, 0.4) is 0 Å². The van der Waals surface area contributed by atoms with Crippen molar-refractivity contribution in [2.24, 2.45) is 0 Å². The summed E-state index contributed by atoms with van der Waals surface area (Å²) in [5.74, 6) is 0.964. The van der Waals surface area contributed by atoms with Gasteiger partial charge in [-0.1, -0.05) is 54.6 Å². The number of rotatable bonds is 7. The molecule has 0 aliphatic heterocycles. The van der Waals surface area contributed by atoms with Crippen molar-refractivity contribution in [2.75, 3.05) is 0 Å². The number of carbonyl (C=O) groups excluding carboxylic acids is 1. The van der Waals surface area contributed by atoms with Crippen LogP contribution in [0.25, 0.3) is 10.8 Å². The van der Waals surface area contributed by atoms with E-state index < -0.39 is 0 Å². The first-order chi connectivity index (χ1) is 15.2. The smallest absolute Gasteiger partial charge is 0.254 e. The van der Waals surface area contributed by atoms with Crippen LogP contribution in [0.2, 0.25) is 0 Å². The van der Waals surface area contributed by atoms with E-state index in [0.717, 1.165) is 51.2 Å². The molecule has 31 heavy (non-hydrogen) atoms. The summed E-state index contributed by atoms with van der Waals surface area (Å²) in [5.41, 5.74) is 2.72. The highest BCUT2D eigenvalue weighted by Gasteiger charge is 2.34. The Morgan fingerprint density at radius 2 is 1.84 bits per heavy atom. The van der Waals surface area contributed by atoms with Gasteiger partial charge in [0.1, 0.15) is 17.4 Å². The van der Waals surface area contributed by atoms with Crippen LogP contribution in [0.5, 0.6) is 5.75 Å². The van der Waals surface area contributed by atoms with Crippen LogP contribution >= 0.6 is 11.3 Å². The molecule has 3 aromatic carbocycles. The third-order valence-corrected chi connectivity index (χ3v) is 6.53. The fraction of sp³-hybridized carbons (Fsp3) is 0.231. The van der Waals surface area contributed by atoms with E-state index in [4.69, 9.17) is 9.72 Å². The molecule has 0 N–H and O–H groups in total. The Morgan fingerprint density at radius 1 is 1.06 bits per heavy atom. The topological polar surface area (TPSA) is 42.4 Å². The number of carbonyl (C=O) groups is 1. The number of aryl methyl sites for hydroxylation is 1. The first-order valence-electron chi connectivity index (χ1n) is 10.6. The summed E-state index contributed by atoms with van der Waals surface area (Å²) in [7, 11) is 0. The van der Waals surface area contributed by atoms with Gasteiger partial charge in [-0.25, -0.2) is 4.98 Å². The van der Waals surface area contributed by atoms with Crippen LogP contribution < -0.4 is 4.74 Å². The molecule has 1 aliphatic carbocycles. The van der Waals surface area contributed by atoms with Crippen LogP contribution in [0.1, 0.15) is 39.5 Å². The standard InChI is InChI=1S/C26H24N2O2S/c1-18-7-2-4-10-22(18)26(29)28(21-13-14-21)15-20-17-31-25(27-20)16-30-24-12-6-9-19-8-3-5-11-23(19)24/h2-12,17,21H,13-16H2,1H3. The van der Waals surface area contributed by atoms with Crippen molar-refractivity contribution >= 4 is 28.0 Å². The second-order valence-corrected chi connectivity index (χ2v) is 8.92. The number of hydrogen-bond acceptors (Lipinski definition) is 4. The van der Waals surface area contributed by atoms with Crippen LogP contribution in [-0.2, 0) is 13.2 Å². The molecule has 0 atom stereocenters. The molecule has 156 valence electrons. The molecule has 0 spiro atoms. The van der Waals surface area contributed by atoms with Crippen LogP contribution in [-0.4, -0.2) is 21.8 Å². The molecule has 5 heteroatoms. The van der Waals surface area contributed by atoms with Gasteiger partial charge in [0, 0.05) is 22.4 Å². The van der Waals surface area contributed by atoms with E-state index in [1.54, 1.807) is 11.3 Å². The second-order valence-electron chi connectivity index (χ2n) is 7.98. The Balaban J connectivity index is 1.28. The molecule has 1 fully saturated rings. The number of amides is 1. The lowest BCUT2D eigenvalue weighted by Crippen LogP contribution is -2.33. The molecule has 0 unspecified atom stereocenters. The van der Waals surface area contributed by atoms with Gasteiger partial charge < -0.3 is 9.64 Å². The maximum atomic E-state index is 13.2. The van der Waals surface area contributed by atoms with Gasteiger partial charge in [0.15, 0.2) is 0 Å². The quantitative estimate of drug-likeness (QED) is 0.363. The van der Waals surface area contributed by atoms with E-state index in [9.17, 15) is 4.79 Å². The highest BCUT2D eigenvalue weighted by atomic mass is 32.1. The van der Waals surface area contributed by atoms with E-state index in [1.165, 1.54) is 0 Å². The molecule has 4 aromatic rings. The van der Waals surface area contributed by atoms with Crippen molar-refractivity contribution in [1.82, 2.24) is 9.88 Å². The Morgan fingerprint density at radius 3 is 2.68 bits per heavy atom. The minimum Gasteiger partial charge on any atom is -0.486 e. The monoisotopic (exact) mass is 428 g/mol. The predicted octanol–water partition coefficient (Wildman–Crippen LogP) is 5.99. The van der Waals surface area contributed by atoms with Gasteiger partial charge in [0.05, 0.1) is 12.2 Å². The maximum absolute atomic E-state index is 13.2. The first-order valence-corrected chi connectivity index (χ1v) is 11.5. The minimum absolute atomic E-state index is 0.0992. The molecule has 0 radical (unpaired) electrons. The zero-order chi connectivity index (χ0) is 21.2. The van der Waals surface area contributed by atoms with Gasteiger partial charge in [0.25, 0.3) is 5.91 Å². The first kappa shape index (κ1) is 19.8. The summed E-state index contributed by atoms with van der Waals surface area (Å²) < 4.78 is 6.08. The number of benzene rings is 3. The predicted molar refractivity (Wildman–Crippen MR) is 124 cm³/mol. The summed E-state index contributed by atoms with van der Waals surface area (Å²) in [6.07, 6.45) is 2.14. The van der Waals surface area contributed by atoms with Gasteiger partial charge in [-0.3, -0.25) is 4.79 Å². The number of fused-ring (bicyclic) bond motifs is 1. The van der Waals surface area contributed by atoms with Crippen LogP contribution in [0, 0.1) is 6.92 Å². The fourth-order valence-electron chi connectivity index (χ4n) is 3.84. The van der Waals surface area contributed by atoms with Crippen molar-refractivity contribution in [3.8, 4) is 5.75 Å². The minimum atomic E-state index is 0.0992. The fourth-order valence-corrected chi connectivity index (χ4v) is 4.54. The van der Waals surface area contributed by atoms with Crippen molar-refractivity contribution in [1.29, 1.82) is 0 Å². The van der Waals surface area contributed by atoms with Crippen molar-refractivity contribution < 1.29 is 9.53 Å². The molecular formula is C26H24N2O2S. The third kappa shape index (κ3) is 4.32. The lowest BCUT2D eigenvalue weighted by Gasteiger charge is -2.22. The van der Waals surface area contributed by atoms with E-state index in [1.807, 2.05) is 65.7 Å². The maximum Gasteiger partial charge on any atom is 0.254 e. The number of thiazole rings is 1. The number of hydrogen-bond donors (Lipinski definition) is 0. The average molecular weight is 429 g/mol.